The number of aryl methyl sites for hydroxylation is 2. The Kier molecular flexibility index (Phi) is 3.01. The Morgan fingerprint density at radius 2 is 2.05 bits per heavy atom. The minimum atomic E-state index is -1.21. The molecule has 2 heterocycles. The van der Waals surface area contributed by atoms with Crippen LogP contribution in [-0.2, 0) is 18.9 Å². The molecule has 2 aromatic rings. The highest BCUT2D eigenvalue weighted by Crippen LogP contribution is 2.09. The van der Waals surface area contributed by atoms with Gasteiger partial charge in [0.2, 0.25) is 0 Å². The lowest BCUT2D eigenvalue weighted by Crippen LogP contribution is -2.44. The second-order valence-electron chi connectivity index (χ2n) is 4.31. The Bertz CT molecular complexity index is 767. The van der Waals surface area contributed by atoms with Gasteiger partial charge >= 0.3 is 11.7 Å². The number of rotatable bonds is 3. The zero-order chi connectivity index (χ0) is 14.3. The average molecular weight is 266 g/mol. The second kappa shape index (κ2) is 4.38. The molecule has 0 amide bonds. The lowest BCUT2D eigenvalue weighted by atomic mass is 10.2. The predicted molar refractivity (Wildman–Crippen MR) is 67.2 cm³/mol. The van der Waals surface area contributed by atoms with E-state index in [-0.39, 0.29) is 17.6 Å². The van der Waals surface area contributed by atoms with Crippen LogP contribution in [0.4, 0.5) is 0 Å². The van der Waals surface area contributed by atoms with Crippen molar-refractivity contribution in [2.75, 3.05) is 0 Å². The summed E-state index contributed by atoms with van der Waals surface area (Å²) in [5.74, 6) is -1.21. The van der Waals surface area contributed by atoms with Gasteiger partial charge in [-0.25, -0.2) is 19.1 Å². The first-order valence-electron chi connectivity index (χ1n) is 5.75. The summed E-state index contributed by atoms with van der Waals surface area (Å²) in [7, 11) is 3.08. The van der Waals surface area contributed by atoms with Crippen LogP contribution in [0.1, 0.15) is 19.4 Å². The molecule has 0 bridgehead atoms. The van der Waals surface area contributed by atoms with E-state index in [0.717, 1.165) is 4.57 Å². The molecule has 0 aromatic carbocycles. The van der Waals surface area contributed by atoms with Crippen LogP contribution in [-0.4, -0.2) is 29.8 Å². The van der Waals surface area contributed by atoms with E-state index in [1.807, 2.05) is 0 Å². The number of aliphatic carboxylic acids is 1. The highest BCUT2D eigenvalue weighted by Gasteiger charge is 2.24. The van der Waals surface area contributed by atoms with Gasteiger partial charge < -0.3 is 9.67 Å². The maximum Gasteiger partial charge on any atom is 0.333 e. The van der Waals surface area contributed by atoms with Crippen molar-refractivity contribution in [3.05, 3.63) is 27.2 Å². The molecule has 2 aromatic heterocycles. The third-order valence-electron chi connectivity index (χ3n) is 3.13. The molecule has 2 rings (SSSR count). The van der Waals surface area contributed by atoms with Crippen LogP contribution >= 0.6 is 0 Å². The second-order valence-corrected chi connectivity index (χ2v) is 4.31. The molecule has 102 valence electrons. The van der Waals surface area contributed by atoms with Gasteiger partial charge in [0.25, 0.3) is 5.56 Å². The fourth-order valence-electron chi connectivity index (χ4n) is 2.11. The molecular formula is C11H14N4O4. The van der Waals surface area contributed by atoms with Gasteiger partial charge in [-0.05, 0) is 6.42 Å². The number of fused-ring (bicyclic) bond motifs is 1. The zero-order valence-corrected chi connectivity index (χ0v) is 10.8. The van der Waals surface area contributed by atoms with Crippen LogP contribution in [0.3, 0.4) is 0 Å². The summed E-state index contributed by atoms with van der Waals surface area (Å²) >= 11 is 0. The molecule has 19 heavy (non-hydrogen) atoms. The highest BCUT2D eigenvalue weighted by atomic mass is 16.4. The zero-order valence-electron chi connectivity index (χ0n) is 10.8. The molecule has 0 aliphatic rings. The van der Waals surface area contributed by atoms with Crippen molar-refractivity contribution >= 4 is 17.1 Å². The number of hydrogen-bond acceptors (Lipinski definition) is 4. The fraction of sp³-hybridized carbons (Fsp3) is 0.455. The molecule has 1 unspecified atom stereocenters. The normalized spacial score (nSPS) is 12.8. The highest BCUT2D eigenvalue weighted by molar-refractivity contribution is 5.74. The third kappa shape index (κ3) is 1.76. The van der Waals surface area contributed by atoms with Gasteiger partial charge in [-0.2, -0.15) is 0 Å². The lowest BCUT2D eigenvalue weighted by Gasteiger charge is -2.14. The molecule has 0 aliphatic carbocycles. The minimum Gasteiger partial charge on any atom is -0.480 e. The summed E-state index contributed by atoms with van der Waals surface area (Å²) in [6.07, 6.45) is 1.56. The maximum atomic E-state index is 12.3. The van der Waals surface area contributed by atoms with Crippen LogP contribution in [0, 0.1) is 0 Å². The Balaban J connectivity index is 2.97. The molecule has 0 aliphatic heterocycles. The van der Waals surface area contributed by atoms with E-state index in [2.05, 4.69) is 4.98 Å². The van der Waals surface area contributed by atoms with Crippen molar-refractivity contribution in [1.82, 2.24) is 18.7 Å². The van der Waals surface area contributed by atoms with E-state index in [1.54, 1.807) is 14.0 Å². The van der Waals surface area contributed by atoms with Crippen molar-refractivity contribution < 1.29 is 9.90 Å². The minimum absolute atomic E-state index is 0.147. The van der Waals surface area contributed by atoms with E-state index < -0.39 is 23.3 Å². The number of imidazole rings is 1. The number of aromatic nitrogens is 4. The quantitative estimate of drug-likeness (QED) is 0.805. The molecule has 0 saturated heterocycles. The van der Waals surface area contributed by atoms with Crippen LogP contribution in [0.2, 0.25) is 0 Å². The van der Waals surface area contributed by atoms with Crippen molar-refractivity contribution in [3.63, 3.8) is 0 Å². The van der Waals surface area contributed by atoms with Gasteiger partial charge in [0, 0.05) is 14.1 Å². The smallest absolute Gasteiger partial charge is 0.333 e. The van der Waals surface area contributed by atoms with Gasteiger partial charge in [0.1, 0.15) is 6.04 Å². The van der Waals surface area contributed by atoms with Gasteiger partial charge in [-0.3, -0.25) is 9.36 Å². The van der Waals surface area contributed by atoms with Crippen LogP contribution < -0.4 is 11.2 Å². The number of carboxylic acids is 1. The number of carboxylic acid groups (broad SMARTS) is 1. The topological polar surface area (TPSA) is 99.1 Å². The summed E-state index contributed by atoms with van der Waals surface area (Å²) in [5, 5.41) is 9.13. The Morgan fingerprint density at radius 3 is 2.58 bits per heavy atom. The molecule has 0 saturated carbocycles. The Morgan fingerprint density at radius 1 is 1.42 bits per heavy atom. The third-order valence-corrected chi connectivity index (χ3v) is 3.13. The standard InChI is InChI=1S/C11H14N4O4/c1-4-6(10(17)18)15-9(16)7-8(12-5-13(7)2)14(3)11(15)19/h5-6H,4H2,1-3H3,(H,17,18). The number of carbonyl (C=O) groups is 1. The van der Waals surface area contributed by atoms with Crippen molar-refractivity contribution in [2.45, 2.75) is 19.4 Å². The maximum absolute atomic E-state index is 12.3. The van der Waals surface area contributed by atoms with E-state index in [9.17, 15) is 14.4 Å². The van der Waals surface area contributed by atoms with Crippen LogP contribution in [0.5, 0.6) is 0 Å². The summed E-state index contributed by atoms with van der Waals surface area (Å²) in [6, 6.07) is -1.18. The largest absolute Gasteiger partial charge is 0.480 e. The molecule has 8 heteroatoms. The summed E-state index contributed by atoms with van der Waals surface area (Å²) in [5.41, 5.74) is -0.853. The summed E-state index contributed by atoms with van der Waals surface area (Å²) < 4.78 is 3.43. The van der Waals surface area contributed by atoms with Crippen molar-refractivity contribution in [1.29, 1.82) is 0 Å². The molecular weight excluding hydrogens is 252 g/mol. The SMILES string of the molecule is CCC(C(=O)O)n1c(=O)c2c(ncn2C)n(C)c1=O. The first kappa shape index (κ1) is 13.1. The molecule has 0 fully saturated rings. The predicted octanol–water partition coefficient (Wildman–Crippen LogP) is -0.531. The first-order valence-corrected chi connectivity index (χ1v) is 5.75. The van der Waals surface area contributed by atoms with Gasteiger partial charge in [-0.1, -0.05) is 6.92 Å². The number of nitrogens with zero attached hydrogens (tertiary/aromatic N) is 4. The first-order chi connectivity index (χ1) is 8.90. The lowest BCUT2D eigenvalue weighted by molar-refractivity contribution is -0.141. The van der Waals surface area contributed by atoms with E-state index in [4.69, 9.17) is 5.11 Å². The van der Waals surface area contributed by atoms with Crippen molar-refractivity contribution in [3.8, 4) is 0 Å². The molecule has 1 N–H and O–H groups in total. The van der Waals surface area contributed by atoms with Gasteiger partial charge in [0.15, 0.2) is 11.2 Å². The number of hydrogen-bond donors (Lipinski definition) is 1. The molecule has 1 atom stereocenters. The Labute approximate surface area is 107 Å². The molecule has 0 radical (unpaired) electrons. The van der Waals surface area contributed by atoms with E-state index >= 15 is 0 Å². The monoisotopic (exact) mass is 266 g/mol. The van der Waals surface area contributed by atoms with E-state index in [0.29, 0.717) is 0 Å². The fourth-order valence-corrected chi connectivity index (χ4v) is 2.11. The molecule has 8 nitrogen and oxygen atoms in total. The van der Waals surface area contributed by atoms with Crippen LogP contribution in [0.25, 0.3) is 11.2 Å². The summed E-state index contributed by atoms with van der Waals surface area (Å²) in [6.45, 7) is 1.61. The van der Waals surface area contributed by atoms with Gasteiger partial charge in [0.05, 0.1) is 6.33 Å². The van der Waals surface area contributed by atoms with Gasteiger partial charge in [-0.15, -0.1) is 0 Å². The van der Waals surface area contributed by atoms with E-state index in [1.165, 1.54) is 22.5 Å². The average Bonchev–Trinajstić information content (AvgIpc) is 2.73. The summed E-state index contributed by atoms with van der Waals surface area (Å²) in [4.78, 5) is 39.6. The molecule has 0 spiro atoms. The Hall–Kier alpha value is -2.38. The van der Waals surface area contributed by atoms with Crippen LogP contribution in [0.15, 0.2) is 15.9 Å². The van der Waals surface area contributed by atoms with Crippen molar-refractivity contribution in [2.24, 2.45) is 14.1 Å².